The second-order valence-electron chi connectivity index (χ2n) is 6.10. The molecule has 1 heterocycles. The lowest BCUT2D eigenvalue weighted by atomic mass is 10.2. The standard InChI is InChI=1S/C17H18Cl2N2O2/c1-11-7-8-20-15(9-11)21(16(22)23-17(2,3)4)14-6-5-12(18)10-13(14)19/h5-10H,1-4H3. The summed E-state index contributed by atoms with van der Waals surface area (Å²) in [6.07, 6.45) is 1.08. The molecule has 0 spiro atoms. The Kier molecular flexibility index (Phi) is 5.17. The molecule has 0 saturated heterocycles. The van der Waals surface area contributed by atoms with Gasteiger partial charge in [0.05, 0.1) is 10.7 Å². The van der Waals surface area contributed by atoms with Crippen molar-refractivity contribution in [3.8, 4) is 0 Å². The predicted molar refractivity (Wildman–Crippen MR) is 93.8 cm³/mol. The number of rotatable bonds is 2. The number of carbonyl (C=O) groups excluding carboxylic acids is 1. The fourth-order valence-electron chi connectivity index (χ4n) is 1.93. The van der Waals surface area contributed by atoms with E-state index < -0.39 is 11.7 Å². The molecule has 1 aromatic heterocycles. The zero-order valence-corrected chi connectivity index (χ0v) is 14.9. The van der Waals surface area contributed by atoms with Crippen molar-refractivity contribution in [1.82, 2.24) is 4.98 Å². The Morgan fingerprint density at radius 3 is 2.43 bits per heavy atom. The average Bonchev–Trinajstić information content (AvgIpc) is 2.39. The fraction of sp³-hybridized carbons (Fsp3) is 0.294. The number of ether oxygens (including phenoxy) is 1. The largest absolute Gasteiger partial charge is 0.443 e. The van der Waals surface area contributed by atoms with Crippen LogP contribution in [-0.2, 0) is 4.74 Å². The molecule has 0 aliphatic heterocycles. The smallest absolute Gasteiger partial charge is 0.420 e. The number of pyridine rings is 1. The minimum absolute atomic E-state index is 0.340. The molecular weight excluding hydrogens is 335 g/mol. The maximum Gasteiger partial charge on any atom is 0.420 e. The third-order valence-electron chi connectivity index (χ3n) is 2.86. The number of hydrogen-bond acceptors (Lipinski definition) is 3. The lowest BCUT2D eigenvalue weighted by Crippen LogP contribution is -2.34. The van der Waals surface area contributed by atoms with Gasteiger partial charge in [0.15, 0.2) is 0 Å². The monoisotopic (exact) mass is 352 g/mol. The maximum absolute atomic E-state index is 12.7. The molecule has 0 atom stereocenters. The van der Waals surface area contributed by atoms with E-state index in [1.54, 1.807) is 51.2 Å². The number of carbonyl (C=O) groups is 1. The number of anilines is 2. The highest BCUT2D eigenvalue weighted by molar-refractivity contribution is 6.37. The molecule has 0 aliphatic carbocycles. The molecule has 6 heteroatoms. The third kappa shape index (κ3) is 4.60. The summed E-state index contributed by atoms with van der Waals surface area (Å²) in [5.74, 6) is 0.434. The highest BCUT2D eigenvalue weighted by Crippen LogP contribution is 2.34. The van der Waals surface area contributed by atoms with Crippen LogP contribution in [0.2, 0.25) is 10.0 Å². The van der Waals surface area contributed by atoms with Crippen molar-refractivity contribution >= 4 is 40.8 Å². The summed E-state index contributed by atoms with van der Waals surface area (Å²) >= 11 is 12.2. The number of hydrogen-bond donors (Lipinski definition) is 0. The summed E-state index contributed by atoms with van der Waals surface area (Å²) in [5.41, 5.74) is 0.787. The molecule has 4 nitrogen and oxygen atoms in total. The number of aryl methyl sites for hydroxylation is 1. The number of benzene rings is 1. The Morgan fingerprint density at radius 1 is 1.17 bits per heavy atom. The normalized spacial score (nSPS) is 11.2. The molecule has 1 amide bonds. The minimum Gasteiger partial charge on any atom is -0.443 e. The van der Waals surface area contributed by atoms with Gasteiger partial charge >= 0.3 is 6.09 Å². The van der Waals surface area contributed by atoms with E-state index in [1.165, 1.54) is 4.90 Å². The van der Waals surface area contributed by atoms with Crippen LogP contribution in [0.5, 0.6) is 0 Å². The number of nitrogens with zero attached hydrogens (tertiary/aromatic N) is 2. The SMILES string of the molecule is Cc1ccnc(N(C(=O)OC(C)(C)C)c2ccc(Cl)cc2Cl)c1. The zero-order chi connectivity index (χ0) is 17.2. The van der Waals surface area contributed by atoms with Gasteiger partial charge in [0.25, 0.3) is 0 Å². The molecule has 23 heavy (non-hydrogen) atoms. The highest BCUT2D eigenvalue weighted by atomic mass is 35.5. The van der Waals surface area contributed by atoms with Crippen molar-refractivity contribution in [3.05, 3.63) is 52.1 Å². The summed E-state index contributed by atoms with van der Waals surface area (Å²) in [6, 6.07) is 8.54. The molecule has 0 N–H and O–H groups in total. The van der Waals surface area contributed by atoms with Crippen LogP contribution in [0.3, 0.4) is 0 Å². The van der Waals surface area contributed by atoms with Gasteiger partial charge in [0, 0.05) is 11.2 Å². The van der Waals surface area contributed by atoms with Gasteiger partial charge in [0.2, 0.25) is 0 Å². The highest BCUT2D eigenvalue weighted by Gasteiger charge is 2.27. The summed E-state index contributed by atoms with van der Waals surface area (Å²) in [4.78, 5) is 18.3. The van der Waals surface area contributed by atoms with Crippen molar-refractivity contribution in [2.45, 2.75) is 33.3 Å². The lowest BCUT2D eigenvalue weighted by molar-refractivity contribution is 0.0598. The van der Waals surface area contributed by atoms with Gasteiger partial charge in [0.1, 0.15) is 11.4 Å². The van der Waals surface area contributed by atoms with Gasteiger partial charge < -0.3 is 4.74 Å². The predicted octanol–water partition coefficient (Wildman–Crippen LogP) is 5.77. The van der Waals surface area contributed by atoms with Crippen LogP contribution in [0.15, 0.2) is 36.5 Å². The van der Waals surface area contributed by atoms with Crippen molar-refractivity contribution in [1.29, 1.82) is 0 Å². The van der Waals surface area contributed by atoms with E-state index in [0.717, 1.165) is 5.56 Å². The third-order valence-corrected chi connectivity index (χ3v) is 3.39. The van der Waals surface area contributed by atoms with E-state index >= 15 is 0 Å². The van der Waals surface area contributed by atoms with Gasteiger partial charge in [-0.3, -0.25) is 0 Å². The molecule has 122 valence electrons. The van der Waals surface area contributed by atoms with Crippen molar-refractivity contribution in [3.63, 3.8) is 0 Å². The van der Waals surface area contributed by atoms with Crippen LogP contribution < -0.4 is 4.90 Å². The van der Waals surface area contributed by atoms with Gasteiger partial charge in [-0.15, -0.1) is 0 Å². The molecule has 0 bridgehead atoms. The topological polar surface area (TPSA) is 42.4 Å². The van der Waals surface area contributed by atoms with Crippen LogP contribution in [0.4, 0.5) is 16.3 Å². The lowest BCUT2D eigenvalue weighted by Gasteiger charge is -2.27. The van der Waals surface area contributed by atoms with Gasteiger partial charge in [-0.05, 0) is 63.6 Å². The van der Waals surface area contributed by atoms with Crippen molar-refractivity contribution in [2.75, 3.05) is 4.90 Å². The Bertz CT molecular complexity index is 727. The average molecular weight is 353 g/mol. The van der Waals surface area contributed by atoms with E-state index in [2.05, 4.69) is 4.98 Å². The van der Waals surface area contributed by atoms with E-state index in [-0.39, 0.29) is 0 Å². The molecule has 0 saturated carbocycles. The van der Waals surface area contributed by atoms with Crippen LogP contribution in [0.1, 0.15) is 26.3 Å². The maximum atomic E-state index is 12.7. The van der Waals surface area contributed by atoms with Crippen molar-refractivity contribution < 1.29 is 9.53 Å². The molecule has 0 aliphatic rings. The molecule has 0 unspecified atom stereocenters. The molecule has 2 rings (SSSR count). The summed E-state index contributed by atoms with van der Waals surface area (Å²) in [7, 11) is 0. The molecule has 2 aromatic rings. The second-order valence-corrected chi connectivity index (χ2v) is 6.95. The second kappa shape index (κ2) is 6.77. The Labute approximate surface area is 146 Å². The van der Waals surface area contributed by atoms with Gasteiger partial charge in [-0.2, -0.15) is 0 Å². The van der Waals surface area contributed by atoms with Crippen LogP contribution in [-0.4, -0.2) is 16.7 Å². The van der Waals surface area contributed by atoms with E-state index in [1.807, 2.05) is 13.0 Å². The first-order valence-corrected chi connectivity index (χ1v) is 7.84. The zero-order valence-electron chi connectivity index (χ0n) is 13.4. The first-order chi connectivity index (χ1) is 10.7. The summed E-state index contributed by atoms with van der Waals surface area (Å²) in [5, 5.41) is 0.826. The van der Waals surface area contributed by atoms with Gasteiger partial charge in [-0.25, -0.2) is 14.7 Å². The fourth-order valence-corrected chi connectivity index (χ4v) is 2.42. The van der Waals surface area contributed by atoms with Crippen LogP contribution >= 0.6 is 23.2 Å². The molecule has 1 aromatic carbocycles. The molecule has 0 fully saturated rings. The number of aromatic nitrogens is 1. The summed E-state index contributed by atoms with van der Waals surface area (Å²) in [6.45, 7) is 7.32. The minimum atomic E-state index is -0.641. The van der Waals surface area contributed by atoms with Gasteiger partial charge in [-0.1, -0.05) is 23.2 Å². The summed E-state index contributed by atoms with van der Waals surface area (Å²) < 4.78 is 5.49. The Morgan fingerprint density at radius 2 is 1.87 bits per heavy atom. The number of amides is 1. The van der Waals surface area contributed by atoms with E-state index in [0.29, 0.717) is 21.6 Å². The molecule has 0 radical (unpaired) electrons. The van der Waals surface area contributed by atoms with E-state index in [9.17, 15) is 4.79 Å². The van der Waals surface area contributed by atoms with Crippen LogP contribution in [0.25, 0.3) is 0 Å². The Balaban J connectivity index is 2.53. The Hall–Kier alpha value is -1.78. The quantitative estimate of drug-likeness (QED) is 0.688. The van der Waals surface area contributed by atoms with E-state index in [4.69, 9.17) is 27.9 Å². The van der Waals surface area contributed by atoms with Crippen molar-refractivity contribution in [2.24, 2.45) is 0 Å². The number of halogens is 2. The molecular formula is C17H18Cl2N2O2. The van der Waals surface area contributed by atoms with Crippen LogP contribution in [0, 0.1) is 6.92 Å². The first kappa shape index (κ1) is 17.6. The first-order valence-electron chi connectivity index (χ1n) is 7.08.